The van der Waals surface area contributed by atoms with Gasteiger partial charge in [-0.25, -0.2) is 0 Å². The fourth-order valence-corrected chi connectivity index (χ4v) is 6.57. The average Bonchev–Trinajstić information content (AvgIpc) is 2.93. The van der Waals surface area contributed by atoms with Crippen molar-refractivity contribution >= 4 is 23.7 Å². The molecule has 3 aliphatic rings. The zero-order valence-corrected chi connectivity index (χ0v) is 16.8. The number of allylic oxidation sites excluding steroid dienone is 1. The van der Waals surface area contributed by atoms with E-state index in [1.165, 1.54) is 29.4 Å². The van der Waals surface area contributed by atoms with Crippen molar-refractivity contribution in [3.8, 4) is 0 Å². The van der Waals surface area contributed by atoms with Crippen LogP contribution < -0.4 is 21.2 Å². The molecule has 23 heavy (non-hydrogen) atoms. The van der Waals surface area contributed by atoms with Crippen LogP contribution in [0.3, 0.4) is 0 Å². The molecule has 1 unspecified atom stereocenters. The minimum atomic E-state index is -0.397. The van der Waals surface area contributed by atoms with Gasteiger partial charge < -0.3 is 0 Å². The molecular weight excluding hydrogens is 425 g/mol. The van der Waals surface area contributed by atoms with E-state index in [0.717, 1.165) is 5.70 Å². The van der Waals surface area contributed by atoms with Crippen LogP contribution in [0.4, 0.5) is 0 Å². The third-order valence-electron chi connectivity index (χ3n) is 4.96. The van der Waals surface area contributed by atoms with Gasteiger partial charge in [-0.15, -0.1) is 0 Å². The molecule has 6 heteroatoms. The van der Waals surface area contributed by atoms with E-state index < -0.39 is 21.2 Å². The van der Waals surface area contributed by atoms with Crippen LogP contribution in [0.5, 0.6) is 0 Å². The Balaban J connectivity index is 2.09. The van der Waals surface area contributed by atoms with Gasteiger partial charge in [0.15, 0.2) is 0 Å². The summed E-state index contributed by atoms with van der Waals surface area (Å²) < 4.78 is 3.39. The maximum absolute atomic E-state index is 12.7. The minimum absolute atomic E-state index is 0.185. The predicted molar refractivity (Wildman–Crippen MR) is 89.6 cm³/mol. The molecule has 3 rings (SSSR count). The third kappa shape index (κ3) is 3.45. The summed E-state index contributed by atoms with van der Waals surface area (Å²) in [6, 6.07) is 0.837. The van der Waals surface area contributed by atoms with E-state index in [1.807, 2.05) is 7.05 Å². The second-order valence-electron chi connectivity index (χ2n) is 6.79. The summed E-state index contributed by atoms with van der Waals surface area (Å²) in [6.45, 7) is 4.47. The molecule has 1 aliphatic carbocycles. The molecule has 1 amide bonds. The summed E-state index contributed by atoms with van der Waals surface area (Å²) in [5.74, 6) is 0.633. The maximum atomic E-state index is 12.7. The SMILES string of the molecule is CC(C)C1CC(=O)N(C)C2=C([I-]C=C(Cl)N=C2)N1C1CCCC1. The quantitative estimate of drug-likeness (QED) is 0.456. The first kappa shape index (κ1) is 17.3. The summed E-state index contributed by atoms with van der Waals surface area (Å²) in [7, 11) is 1.88. The van der Waals surface area contributed by atoms with Crippen molar-refractivity contribution in [2.45, 2.75) is 58.0 Å². The van der Waals surface area contributed by atoms with E-state index in [4.69, 9.17) is 11.6 Å². The molecule has 0 aromatic heterocycles. The molecule has 0 spiro atoms. The second kappa shape index (κ2) is 7.13. The molecule has 1 fully saturated rings. The number of hydrogen-bond donors (Lipinski definition) is 0. The Morgan fingerprint density at radius 3 is 2.70 bits per heavy atom. The van der Waals surface area contributed by atoms with Crippen molar-refractivity contribution in [3.05, 3.63) is 18.6 Å². The molecule has 1 saturated carbocycles. The van der Waals surface area contributed by atoms with Gasteiger partial charge in [-0.05, 0) is 0 Å². The molecule has 4 nitrogen and oxygen atoms in total. The summed E-state index contributed by atoms with van der Waals surface area (Å²) in [4.78, 5) is 21.4. The molecule has 0 aromatic rings. The third-order valence-corrected chi connectivity index (χ3v) is 8.14. The van der Waals surface area contributed by atoms with Gasteiger partial charge in [-0.1, -0.05) is 0 Å². The van der Waals surface area contributed by atoms with Gasteiger partial charge >= 0.3 is 154 Å². The fraction of sp³-hybridized carbons (Fsp3) is 0.647. The van der Waals surface area contributed by atoms with Crippen LogP contribution in [0.15, 0.2) is 23.6 Å². The Hall–Kier alpha value is -0.560. The number of carbonyl (C=O) groups is 1. The van der Waals surface area contributed by atoms with E-state index in [0.29, 0.717) is 23.5 Å². The van der Waals surface area contributed by atoms with Crippen LogP contribution in [0, 0.1) is 5.92 Å². The number of amides is 1. The van der Waals surface area contributed by atoms with E-state index in [9.17, 15) is 4.79 Å². The molecule has 128 valence electrons. The molecule has 0 aromatic carbocycles. The summed E-state index contributed by atoms with van der Waals surface area (Å²) in [5.41, 5.74) is 0.963. The number of rotatable bonds is 2. The fourth-order valence-electron chi connectivity index (χ4n) is 3.63. The van der Waals surface area contributed by atoms with Crippen LogP contribution in [0.1, 0.15) is 46.0 Å². The van der Waals surface area contributed by atoms with Crippen molar-refractivity contribution in [2.24, 2.45) is 10.9 Å². The summed E-state index contributed by atoms with van der Waals surface area (Å²) in [5, 5.41) is 0.555. The van der Waals surface area contributed by atoms with Gasteiger partial charge in [-0.2, -0.15) is 0 Å². The van der Waals surface area contributed by atoms with Crippen LogP contribution in [0.25, 0.3) is 0 Å². The zero-order chi connectivity index (χ0) is 16.6. The van der Waals surface area contributed by atoms with E-state index in [2.05, 4.69) is 27.8 Å². The molecule has 0 saturated heterocycles. The molecule has 1 atom stereocenters. The van der Waals surface area contributed by atoms with Crippen LogP contribution in [-0.2, 0) is 4.79 Å². The van der Waals surface area contributed by atoms with Crippen molar-refractivity contribution in [1.82, 2.24) is 9.80 Å². The number of carbonyl (C=O) groups excluding carboxylic acids is 1. The summed E-state index contributed by atoms with van der Waals surface area (Å²) in [6.07, 6.45) is 7.44. The standard InChI is InChI=1S/C17H24ClIN3O/c1-11(2)13-8-16(23)21(3)14-10-20-15(18)9-19-17(14)22(13)12-6-4-5-7-12/h9-13H,4-8H2,1-3H3/q-1. The second-order valence-corrected chi connectivity index (χ2v) is 9.44. The van der Waals surface area contributed by atoms with Gasteiger partial charge in [-0.3, -0.25) is 0 Å². The Labute approximate surface area is 153 Å². The first-order chi connectivity index (χ1) is 11.0. The van der Waals surface area contributed by atoms with E-state index in [1.54, 1.807) is 11.1 Å². The van der Waals surface area contributed by atoms with E-state index >= 15 is 0 Å². The first-order valence-electron chi connectivity index (χ1n) is 8.31. The van der Waals surface area contributed by atoms with Gasteiger partial charge in [0.25, 0.3) is 0 Å². The average molecular weight is 449 g/mol. The molecule has 0 radical (unpaired) electrons. The Bertz CT molecular complexity index is 578. The Morgan fingerprint density at radius 2 is 2.04 bits per heavy atom. The van der Waals surface area contributed by atoms with Crippen molar-refractivity contribution in [1.29, 1.82) is 0 Å². The molecule has 0 N–H and O–H groups in total. The van der Waals surface area contributed by atoms with Crippen LogP contribution in [-0.4, -0.2) is 41.1 Å². The number of aliphatic imine (C=N–C) groups is 1. The summed E-state index contributed by atoms with van der Waals surface area (Å²) >= 11 is 5.76. The van der Waals surface area contributed by atoms with Crippen LogP contribution in [0.2, 0.25) is 0 Å². The van der Waals surface area contributed by atoms with Gasteiger partial charge in [0.2, 0.25) is 0 Å². The van der Waals surface area contributed by atoms with Gasteiger partial charge in [0.1, 0.15) is 0 Å². The normalized spacial score (nSPS) is 26.9. The Morgan fingerprint density at radius 1 is 1.35 bits per heavy atom. The van der Waals surface area contributed by atoms with Crippen molar-refractivity contribution in [3.63, 3.8) is 0 Å². The topological polar surface area (TPSA) is 35.9 Å². The number of hydrogen-bond acceptors (Lipinski definition) is 3. The number of nitrogens with zero attached hydrogens (tertiary/aromatic N) is 3. The zero-order valence-electron chi connectivity index (χ0n) is 13.9. The Kier molecular flexibility index (Phi) is 5.35. The van der Waals surface area contributed by atoms with Gasteiger partial charge in [0, 0.05) is 0 Å². The molecule has 2 aliphatic heterocycles. The molecular formula is C17H24ClIN3O-. The molecule has 0 bridgehead atoms. The monoisotopic (exact) mass is 448 g/mol. The predicted octanol–water partition coefficient (Wildman–Crippen LogP) is 0.498. The van der Waals surface area contributed by atoms with Crippen molar-refractivity contribution in [2.75, 3.05) is 7.05 Å². The van der Waals surface area contributed by atoms with Crippen LogP contribution >= 0.6 is 11.6 Å². The molecule has 2 heterocycles. The van der Waals surface area contributed by atoms with E-state index in [-0.39, 0.29) is 11.9 Å². The van der Waals surface area contributed by atoms with Gasteiger partial charge in [0.05, 0.1) is 0 Å². The number of halogens is 2. The van der Waals surface area contributed by atoms with Crippen molar-refractivity contribution < 1.29 is 26.0 Å². The first-order valence-corrected chi connectivity index (χ1v) is 11.0.